The summed E-state index contributed by atoms with van der Waals surface area (Å²) in [4.78, 5) is 27.3. The lowest BCUT2D eigenvalue weighted by Crippen LogP contribution is -2.30. The molecule has 0 aliphatic rings. The minimum Gasteiger partial charge on any atom is -0.481 e. The van der Waals surface area contributed by atoms with Crippen molar-refractivity contribution in [3.05, 3.63) is 35.0 Å². The number of ether oxygens (including phenoxy) is 1. The zero-order chi connectivity index (χ0) is 17.7. The van der Waals surface area contributed by atoms with Crippen LogP contribution in [0.2, 0.25) is 5.02 Å². The van der Waals surface area contributed by atoms with E-state index in [0.29, 0.717) is 15.9 Å². The molecule has 0 saturated carbocycles. The van der Waals surface area contributed by atoms with Crippen LogP contribution in [-0.4, -0.2) is 28.7 Å². The molecule has 1 unspecified atom stereocenters. The Hall–Kier alpha value is -1.77. The lowest BCUT2D eigenvalue weighted by Gasteiger charge is -2.13. The van der Waals surface area contributed by atoms with Gasteiger partial charge in [-0.1, -0.05) is 22.9 Å². The number of nitrogens with one attached hydrogen (secondary N) is 1. The molecule has 0 aliphatic heterocycles. The molecular formula is C15H16ClN3O3S2. The molecule has 9 heteroatoms. The van der Waals surface area contributed by atoms with Crippen LogP contribution in [0.1, 0.15) is 12.6 Å². The van der Waals surface area contributed by atoms with Crippen molar-refractivity contribution in [1.82, 2.24) is 4.98 Å². The van der Waals surface area contributed by atoms with Gasteiger partial charge in [0.1, 0.15) is 5.75 Å². The Kier molecular flexibility index (Phi) is 6.47. The van der Waals surface area contributed by atoms with Crippen molar-refractivity contribution in [3.8, 4) is 5.75 Å². The molecule has 0 bridgehead atoms. The zero-order valence-corrected chi connectivity index (χ0v) is 15.4. The third kappa shape index (κ3) is 5.40. The summed E-state index contributed by atoms with van der Waals surface area (Å²) < 4.78 is 6.40. The van der Waals surface area contributed by atoms with Gasteiger partial charge in [0.15, 0.2) is 11.2 Å². The fourth-order valence-corrected chi connectivity index (χ4v) is 3.69. The molecule has 1 aromatic heterocycles. The van der Waals surface area contributed by atoms with Crippen molar-refractivity contribution in [1.29, 1.82) is 0 Å². The van der Waals surface area contributed by atoms with Gasteiger partial charge in [0.05, 0.1) is 15.7 Å². The Morgan fingerprint density at radius 3 is 2.71 bits per heavy atom. The molecule has 1 heterocycles. The minimum absolute atomic E-state index is 0.173. The van der Waals surface area contributed by atoms with Crippen molar-refractivity contribution in [2.75, 3.05) is 11.1 Å². The molecule has 128 valence electrons. The number of anilines is 1. The highest BCUT2D eigenvalue weighted by Crippen LogP contribution is 2.32. The van der Waals surface area contributed by atoms with Gasteiger partial charge < -0.3 is 10.5 Å². The highest BCUT2D eigenvalue weighted by Gasteiger charge is 2.18. The van der Waals surface area contributed by atoms with Crippen LogP contribution < -0.4 is 15.8 Å². The highest BCUT2D eigenvalue weighted by molar-refractivity contribution is 8.01. The molecule has 0 spiro atoms. The number of thiazole rings is 1. The van der Waals surface area contributed by atoms with E-state index in [2.05, 4.69) is 10.3 Å². The van der Waals surface area contributed by atoms with E-state index >= 15 is 0 Å². The van der Waals surface area contributed by atoms with Crippen LogP contribution in [0, 0.1) is 6.92 Å². The predicted octanol–water partition coefficient (Wildman–Crippen LogP) is 3.09. The van der Waals surface area contributed by atoms with E-state index in [9.17, 15) is 9.59 Å². The first-order valence-corrected chi connectivity index (χ1v) is 9.14. The van der Waals surface area contributed by atoms with Crippen LogP contribution in [-0.2, 0) is 9.59 Å². The second-order valence-corrected chi connectivity index (χ2v) is 7.53. The lowest BCUT2D eigenvalue weighted by molar-refractivity contribution is -0.122. The number of hydrogen-bond acceptors (Lipinski definition) is 6. The minimum atomic E-state index is -0.697. The summed E-state index contributed by atoms with van der Waals surface area (Å²) in [5.41, 5.74) is 5.87. The van der Waals surface area contributed by atoms with Gasteiger partial charge in [-0.2, -0.15) is 0 Å². The number of hydrogen-bond donors (Lipinski definition) is 2. The van der Waals surface area contributed by atoms with Crippen molar-refractivity contribution in [2.45, 2.75) is 24.2 Å². The number of rotatable bonds is 7. The molecule has 2 amide bonds. The number of nitrogens with zero attached hydrogens (tertiary/aromatic N) is 1. The Morgan fingerprint density at radius 1 is 1.42 bits per heavy atom. The maximum atomic E-state index is 12.2. The molecular weight excluding hydrogens is 370 g/mol. The number of aromatic nitrogens is 1. The van der Waals surface area contributed by atoms with Crippen molar-refractivity contribution >= 4 is 51.6 Å². The number of benzene rings is 1. The van der Waals surface area contributed by atoms with Crippen molar-refractivity contribution < 1.29 is 14.3 Å². The second kappa shape index (κ2) is 8.36. The molecule has 24 heavy (non-hydrogen) atoms. The first-order valence-electron chi connectivity index (χ1n) is 6.96. The van der Waals surface area contributed by atoms with Crippen molar-refractivity contribution in [2.24, 2.45) is 5.73 Å². The maximum absolute atomic E-state index is 12.2. The number of nitrogens with two attached hydrogens (primary N) is 1. The van der Waals surface area contributed by atoms with Gasteiger partial charge >= 0.3 is 0 Å². The molecule has 2 aromatic rings. The van der Waals surface area contributed by atoms with Gasteiger partial charge in [-0.15, -0.1) is 11.8 Å². The van der Waals surface area contributed by atoms with Gasteiger partial charge in [-0.05, 0) is 38.1 Å². The van der Waals surface area contributed by atoms with Gasteiger partial charge in [-0.25, -0.2) is 4.98 Å². The smallest absolute Gasteiger partial charge is 0.266 e. The molecule has 0 fully saturated rings. The van der Waals surface area contributed by atoms with E-state index in [1.54, 1.807) is 31.2 Å². The van der Waals surface area contributed by atoms with E-state index in [-0.39, 0.29) is 11.7 Å². The topological polar surface area (TPSA) is 94.3 Å². The van der Waals surface area contributed by atoms with Crippen LogP contribution in [0.3, 0.4) is 0 Å². The molecule has 6 nitrogen and oxygen atoms in total. The highest BCUT2D eigenvalue weighted by atomic mass is 35.5. The monoisotopic (exact) mass is 385 g/mol. The summed E-state index contributed by atoms with van der Waals surface area (Å²) in [5, 5.41) is 3.76. The average Bonchev–Trinajstić information content (AvgIpc) is 2.87. The second-order valence-electron chi connectivity index (χ2n) is 4.85. The van der Waals surface area contributed by atoms with E-state index in [4.69, 9.17) is 22.1 Å². The molecule has 3 N–H and O–H groups in total. The molecule has 0 aliphatic carbocycles. The standard InChI is InChI=1S/C15H16ClN3O3S2/c1-8-14(23-7-12(17)20)24-15(18-8)19-13(21)9(2)22-11-5-3-10(16)4-6-11/h3-6,9H,7H2,1-2H3,(H2,17,20)(H,18,19,21). The van der Waals surface area contributed by atoms with E-state index in [1.165, 1.54) is 23.1 Å². The zero-order valence-electron chi connectivity index (χ0n) is 13.0. The van der Waals surface area contributed by atoms with Crippen LogP contribution in [0.5, 0.6) is 5.75 Å². The number of amides is 2. The number of halogens is 1. The van der Waals surface area contributed by atoms with Gasteiger partial charge in [0.2, 0.25) is 5.91 Å². The Morgan fingerprint density at radius 2 is 2.08 bits per heavy atom. The fourth-order valence-electron chi connectivity index (χ4n) is 1.68. The van der Waals surface area contributed by atoms with Gasteiger partial charge in [0, 0.05) is 5.02 Å². The van der Waals surface area contributed by atoms with Crippen molar-refractivity contribution in [3.63, 3.8) is 0 Å². The fraction of sp³-hybridized carbons (Fsp3) is 0.267. The number of carbonyl (C=O) groups is 2. The van der Waals surface area contributed by atoms with E-state index < -0.39 is 12.0 Å². The predicted molar refractivity (Wildman–Crippen MR) is 96.9 cm³/mol. The summed E-state index contributed by atoms with van der Waals surface area (Å²) in [6, 6.07) is 6.76. The van der Waals surface area contributed by atoms with Crippen LogP contribution >= 0.6 is 34.7 Å². The first kappa shape index (κ1) is 18.6. The largest absolute Gasteiger partial charge is 0.481 e. The van der Waals surface area contributed by atoms with Gasteiger partial charge in [-0.3, -0.25) is 14.9 Å². The third-order valence-electron chi connectivity index (χ3n) is 2.83. The normalized spacial score (nSPS) is 11.8. The average molecular weight is 386 g/mol. The van der Waals surface area contributed by atoms with Gasteiger partial charge in [0.25, 0.3) is 5.91 Å². The Labute approximate surface area is 152 Å². The molecule has 0 radical (unpaired) electrons. The molecule has 2 rings (SSSR count). The summed E-state index contributed by atoms with van der Waals surface area (Å²) in [5.74, 6) is 0.00978. The van der Waals surface area contributed by atoms with Crippen LogP contribution in [0.15, 0.2) is 28.5 Å². The van der Waals surface area contributed by atoms with Crippen LogP contribution in [0.25, 0.3) is 0 Å². The lowest BCUT2D eigenvalue weighted by atomic mass is 10.3. The summed E-state index contributed by atoms with van der Waals surface area (Å²) >= 11 is 8.40. The Balaban J connectivity index is 1.94. The van der Waals surface area contributed by atoms with Crippen LogP contribution in [0.4, 0.5) is 5.13 Å². The van der Waals surface area contributed by atoms with E-state index in [1.807, 2.05) is 6.92 Å². The SMILES string of the molecule is Cc1nc(NC(=O)C(C)Oc2ccc(Cl)cc2)sc1SCC(N)=O. The molecule has 1 atom stereocenters. The first-order chi connectivity index (χ1) is 11.3. The van der Waals surface area contributed by atoms with E-state index in [0.717, 1.165) is 9.90 Å². The summed E-state index contributed by atoms with van der Waals surface area (Å²) in [7, 11) is 0. The Bertz CT molecular complexity index is 734. The maximum Gasteiger partial charge on any atom is 0.266 e. The number of thioether (sulfide) groups is 1. The number of primary amides is 1. The molecule has 1 aromatic carbocycles. The third-order valence-corrected chi connectivity index (χ3v) is 5.53. The summed E-state index contributed by atoms with van der Waals surface area (Å²) in [6.45, 7) is 3.45. The number of aryl methyl sites for hydroxylation is 1. The summed E-state index contributed by atoms with van der Waals surface area (Å²) in [6.07, 6.45) is -0.697. The molecule has 0 saturated heterocycles. The quantitative estimate of drug-likeness (QED) is 0.714. The number of carbonyl (C=O) groups excluding carboxylic acids is 2.